The van der Waals surface area contributed by atoms with E-state index in [1.165, 1.54) is 6.07 Å². The Labute approximate surface area is 148 Å². The Kier molecular flexibility index (Phi) is 3.91. The van der Waals surface area contributed by atoms with E-state index in [-0.39, 0.29) is 18.4 Å². The van der Waals surface area contributed by atoms with Crippen LogP contribution in [-0.2, 0) is 6.18 Å². The number of anilines is 1. The van der Waals surface area contributed by atoms with Gasteiger partial charge in [0.05, 0.1) is 23.2 Å². The second kappa shape index (κ2) is 6.13. The first-order chi connectivity index (χ1) is 12.5. The third kappa shape index (κ3) is 2.81. The van der Waals surface area contributed by atoms with Crippen LogP contribution in [0.15, 0.2) is 36.4 Å². The number of ether oxygens (including phenoxy) is 2. The number of hydrogen-bond donors (Lipinski definition) is 0. The number of nitrogens with zero attached hydrogens (tertiary/aromatic N) is 2. The van der Waals surface area contributed by atoms with E-state index in [0.29, 0.717) is 23.7 Å². The van der Waals surface area contributed by atoms with E-state index in [4.69, 9.17) is 14.7 Å². The molecule has 0 unspecified atom stereocenters. The molecule has 2 heterocycles. The maximum atomic E-state index is 13.3. The molecule has 2 aliphatic heterocycles. The molecule has 0 aliphatic carbocycles. The highest BCUT2D eigenvalue weighted by Gasteiger charge is 2.35. The van der Waals surface area contributed by atoms with Crippen molar-refractivity contribution in [2.45, 2.75) is 25.1 Å². The third-order valence-corrected chi connectivity index (χ3v) is 4.79. The highest BCUT2D eigenvalue weighted by atomic mass is 19.4. The van der Waals surface area contributed by atoms with E-state index in [1.807, 2.05) is 23.1 Å². The molecule has 0 spiro atoms. The maximum absolute atomic E-state index is 13.3. The van der Waals surface area contributed by atoms with Crippen LogP contribution in [0.1, 0.15) is 35.6 Å². The van der Waals surface area contributed by atoms with Crippen LogP contribution in [0.25, 0.3) is 0 Å². The Morgan fingerprint density at radius 3 is 2.65 bits per heavy atom. The Bertz CT molecular complexity index is 889. The molecule has 0 radical (unpaired) electrons. The lowest BCUT2D eigenvalue weighted by Gasteiger charge is -2.28. The first-order valence-electron chi connectivity index (χ1n) is 8.25. The van der Waals surface area contributed by atoms with E-state index < -0.39 is 11.7 Å². The van der Waals surface area contributed by atoms with Crippen LogP contribution in [0.3, 0.4) is 0 Å². The molecular weight excluding hydrogens is 345 g/mol. The summed E-state index contributed by atoms with van der Waals surface area (Å²) in [5.41, 5.74) is 0.190. The van der Waals surface area contributed by atoms with Crippen molar-refractivity contribution in [2.24, 2.45) is 0 Å². The quantitative estimate of drug-likeness (QED) is 0.782. The molecule has 4 rings (SSSR count). The number of fused-ring (bicyclic) bond motifs is 1. The molecule has 0 bridgehead atoms. The van der Waals surface area contributed by atoms with Crippen LogP contribution in [0.2, 0.25) is 0 Å². The van der Waals surface area contributed by atoms with Crippen molar-refractivity contribution >= 4 is 5.69 Å². The zero-order valence-corrected chi connectivity index (χ0v) is 13.7. The number of alkyl halides is 3. The van der Waals surface area contributed by atoms with Crippen LogP contribution < -0.4 is 14.4 Å². The van der Waals surface area contributed by atoms with Gasteiger partial charge in [0.2, 0.25) is 6.79 Å². The second-order valence-corrected chi connectivity index (χ2v) is 6.30. The van der Waals surface area contributed by atoms with Gasteiger partial charge in [-0.2, -0.15) is 18.4 Å². The van der Waals surface area contributed by atoms with Gasteiger partial charge in [0.1, 0.15) is 0 Å². The molecule has 26 heavy (non-hydrogen) atoms. The first kappa shape index (κ1) is 16.6. The lowest BCUT2D eigenvalue weighted by atomic mass is 10.0. The SMILES string of the molecule is N#Cc1ccc(N2CCC[C@H]2c2ccc3c(c2)OCO3)cc1C(F)(F)F. The first-order valence-corrected chi connectivity index (χ1v) is 8.25. The second-order valence-electron chi connectivity index (χ2n) is 6.30. The van der Waals surface area contributed by atoms with Crippen LogP contribution in [0.4, 0.5) is 18.9 Å². The molecule has 1 fully saturated rings. The summed E-state index contributed by atoms with van der Waals surface area (Å²) in [6.45, 7) is 0.833. The molecule has 7 heteroatoms. The average molecular weight is 360 g/mol. The summed E-state index contributed by atoms with van der Waals surface area (Å²) in [5.74, 6) is 1.33. The fourth-order valence-electron chi connectivity index (χ4n) is 3.59. The van der Waals surface area contributed by atoms with Gasteiger partial charge in [-0.05, 0) is 48.7 Å². The summed E-state index contributed by atoms with van der Waals surface area (Å²) in [6.07, 6.45) is -2.85. The summed E-state index contributed by atoms with van der Waals surface area (Å²) >= 11 is 0. The minimum absolute atomic E-state index is 0.0430. The van der Waals surface area contributed by atoms with Gasteiger partial charge in [0.25, 0.3) is 0 Å². The van der Waals surface area contributed by atoms with Gasteiger partial charge in [0, 0.05) is 12.2 Å². The predicted molar refractivity (Wildman–Crippen MR) is 88.0 cm³/mol. The highest BCUT2D eigenvalue weighted by molar-refractivity contribution is 5.57. The molecule has 0 amide bonds. The average Bonchev–Trinajstić information content (AvgIpc) is 3.28. The standard InChI is InChI=1S/C19H15F3N2O2/c20-19(21,22)15-9-14(5-3-13(15)10-23)24-7-1-2-16(24)12-4-6-17-18(8-12)26-11-25-17/h3-6,8-9,16H,1-2,7,11H2/t16-/m0/s1. The lowest BCUT2D eigenvalue weighted by Crippen LogP contribution is -2.23. The van der Waals surface area contributed by atoms with Crippen molar-refractivity contribution in [3.8, 4) is 17.6 Å². The normalized spacial score (nSPS) is 18.8. The highest BCUT2D eigenvalue weighted by Crippen LogP contribution is 2.42. The number of hydrogen-bond acceptors (Lipinski definition) is 4. The molecule has 2 aliphatic rings. The summed E-state index contributed by atoms with van der Waals surface area (Å²) in [5, 5.41) is 8.97. The molecule has 4 nitrogen and oxygen atoms in total. The van der Waals surface area contributed by atoms with E-state index >= 15 is 0 Å². The van der Waals surface area contributed by atoms with Crippen molar-refractivity contribution in [3.05, 3.63) is 53.1 Å². The van der Waals surface area contributed by atoms with Crippen LogP contribution in [0, 0.1) is 11.3 Å². The van der Waals surface area contributed by atoms with Gasteiger partial charge in [-0.25, -0.2) is 0 Å². The van der Waals surface area contributed by atoms with Gasteiger partial charge in [-0.3, -0.25) is 0 Å². The molecule has 0 aromatic heterocycles. The lowest BCUT2D eigenvalue weighted by molar-refractivity contribution is -0.137. The van der Waals surface area contributed by atoms with Crippen LogP contribution >= 0.6 is 0 Å². The van der Waals surface area contributed by atoms with Crippen molar-refractivity contribution in [1.29, 1.82) is 5.26 Å². The van der Waals surface area contributed by atoms with E-state index in [2.05, 4.69) is 0 Å². The smallest absolute Gasteiger partial charge is 0.417 e. The molecular formula is C19H15F3N2O2. The van der Waals surface area contributed by atoms with Gasteiger partial charge in [-0.1, -0.05) is 6.07 Å². The number of halogens is 3. The van der Waals surface area contributed by atoms with Gasteiger partial charge >= 0.3 is 6.18 Å². The summed E-state index contributed by atoms with van der Waals surface area (Å²) in [7, 11) is 0. The van der Waals surface area contributed by atoms with Gasteiger partial charge in [0.15, 0.2) is 11.5 Å². The molecule has 134 valence electrons. The topological polar surface area (TPSA) is 45.5 Å². The van der Waals surface area contributed by atoms with Crippen molar-refractivity contribution in [1.82, 2.24) is 0 Å². The zero-order valence-electron chi connectivity index (χ0n) is 13.7. The predicted octanol–water partition coefficient (Wildman–Crippen LogP) is 4.65. The van der Waals surface area contributed by atoms with E-state index in [0.717, 1.165) is 24.5 Å². The monoisotopic (exact) mass is 360 g/mol. The molecule has 1 saturated heterocycles. The van der Waals surface area contributed by atoms with Crippen molar-refractivity contribution in [3.63, 3.8) is 0 Å². The maximum Gasteiger partial charge on any atom is 0.417 e. The molecule has 1 atom stereocenters. The fourth-order valence-corrected chi connectivity index (χ4v) is 3.59. The van der Waals surface area contributed by atoms with Gasteiger partial charge in [-0.15, -0.1) is 0 Å². The zero-order chi connectivity index (χ0) is 18.3. The molecule has 2 aromatic carbocycles. The van der Waals surface area contributed by atoms with Gasteiger partial charge < -0.3 is 14.4 Å². The Morgan fingerprint density at radius 2 is 1.88 bits per heavy atom. The minimum atomic E-state index is -4.56. The van der Waals surface area contributed by atoms with Crippen molar-refractivity contribution < 1.29 is 22.6 Å². The molecule has 0 saturated carbocycles. The number of benzene rings is 2. The summed E-state index contributed by atoms with van der Waals surface area (Å²) < 4.78 is 50.5. The Morgan fingerprint density at radius 1 is 1.08 bits per heavy atom. The molecule has 0 N–H and O–H groups in total. The molecule has 2 aromatic rings. The third-order valence-electron chi connectivity index (χ3n) is 4.79. The summed E-state index contributed by atoms with van der Waals surface area (Å²) in [4.78, 5) is 1.95. The largest absolute Gasteiger partial charge is 0.454 e. The van der Waals surface area contributed by atoms with E-state index in [1.54, 1.807) is 12.1 Å². The number of nitriles is 1. The van der Waals surface area contributed by atoms with E-state index in [9.17, 15) is 13.2 Å². The number of rotatable bonds is 2. The Hall–Kier alpha value is -2.88. The summed E-state index contributed by atoms with van der Waals surface area (Å²) in [6, 6.07) is 11.1. The van der Waals surface area contributed by atoms with Crippen LogP contribution in [0.5, 0.6) is 11.5 Å². The minimum Gasteiger partial charge on any atom is -0.454 e. The van der Waals surface area contributed by atoms with Crippen molar-refractivity contribution in [2.75, 3.05) is 18.2 Å². The Balaban J connectivity index is 1.70. The fraction of sp³-hybridized carbons (Fsp3) is 0.316. The van der Waals surface area contributed by atoms with Crippen LogP contribution in [-0.4, -0.2) is 13.3 Å².